The lowest BCUT2D eigenvalue weighted by Crippen LogP contribution is -2.54. The summed E-state index contributed by atoms with van der Waals surface area (Å²) in [6, 6.07) is 37.9. The van der Waals surface area contributed by atoms with Crippen LogP contribution in [0.25, 0.3) is 11.2 Å². The number of aromatic nitrogens is 4. The third kappa shape index (κ3) is 5.17. The Morgan fingerprint density at radius 2 is 1.49 bits per heavy atom. The number of rotatable bonds is 8. The number of carbonyl (C=O) groups excluding carboxylic acids is 1. The molecule has 1 aliphatic rings. The van der Waals surface area contributed by atoms with Gasteiger partial charge in [0.2, 0.25) is 0 Å². The summed E-state index contributed by atoms with van der Waals surface area (Å²) in [7, 11) is 0. The number of benzene rings is 4. The number of imidazole rings is 1. The van der Waals surface area contributed by atoms with Crippen LogP contribution in [-0.4, -0.2) is 55.1 Å². The Kier molecular flexibility index (Phi) is 7.87. The third-order valence-electron chi connectivity index (χ3n) is 8.42. The van der Waals surface area contributed by atoms with Crippen LogP contribution < -0.4 is 5.32 Å². The first-order chi connectivity index (χ1) is 22.2. The van der Waals surface area contributed by atoms with Gasteiger partial charge in [-0.15, -0.1) is 0 Å². The standard InChI is InChI=1S/C36H32N6O3/c43-23-27-14-10-11-19-30(27)36(28-15-6-2-7-16-28,29-17-8-3-9-18-29)41-20-21-45-31(22-41)42-25-39-32-33(37-24-38-34(32)42)40-35(44)26-12-4-1-5-13-26/h1-19,24-25,31,43H,20-23H2,(H,37,38,40,44). The van der Waals surface area contributed by atoms with Crippen molar-refractivity contribution in [2.24, 2.45) is 0 Å². The molecular formula is C36H32N6O3. The lowest BCUT2D eigenvalue weighted by atomic mass is 9.73. The number of aliphatic hydroxyl groups is 1. The van der Waals surface area contributed by atoms with Crippen molar-refractivity contribution in [1.82, 2.24) is 24.4 Å². The molecule has 1 saturated heterocycles. The van der Waals surface area contributed by atoms with Gasteiger partial charge >= 0.3 is 0 Å². The Hall–Kier alpha value is -5.22. The fourth-order valence-electron chi connectivity index (χ4n) is 6.41. The Morgan fingerprint density at radius 1 is 0.844 bits per heavy atom. The summed E-state index contributed by atoms with van der Waals surface area (Å²) in [4.78, 5) is 28.8. The van der Waals surface area contributed by atoms with Crippen molar-refractivity contribution in [3.8, 4) is 0 Å². The Morgan fingerprint density at radius 3 is 2.18 bits per heavy atom. The first-order valence-corrected chi connectivity index (χ1v) is 14.9. The summed E-state index contributed by atoms with van der Waals surface area (Å²) >= 11 is 0. The van der Waals surface area contributed by atoms with Gasteiger partial charge in [0.05, 0.1) is 25.1 Å². The highest BCUT2D eigenvalue weighted by molar-refractivity contribution is 6.06. The van der Waals surface area contributed by atoms with Crippen LogP contribution in [0.4, 0.5) is 5.82 Å². The van der Waals surface area contributed by atoms with E-state index >= 15 is 0 Å². The van der Waals surface area contributed by atoms with Crippen molar-refractivity contribution < 1.29 is 14.6 Å². The average molecular weight is 597 g/mol. The van der Waals surface area contributed by atoms with Crippen LogP contribution in [0.1, 0.15) is 38.8 Å². The number of nitrogens with zero attached hydrogens (tertiary/aromatic N) is 5. The number of hydrogen-bond donors (Lipinski definition) is 2. The van der Waals surface area contributed by atoms with Crippen molar-refractivity contribution in [2.45, 2.75) is 18.4 Å². The van der Waals surface area contributed by atoms with Crippen LogP contribution >= 0.6 is 0 Å². The zero-order valence-electron chi connectivity index (χ0n) is 24.5. The van der Waals surface area contributed by atoms with E-state index in [1.54, 1.807) is 18.5 Å². The van der Waals surface area contributed by atoms with Gasteiger partial charge in [-0.05, 0) is 34.4 Å². The Bertz CT molecular complexity index is 1870. The number of amides is 1. The van der Waals surface area contributed by atoms with Gasteiger partial charge in [0, 0.05) is 18.7 Å². The monoisotopic (exact) mass is 596 g/mol. The molecule has 0 bridgehead atoms. The molecule has 4 aromatic carbocycles. The Labute approximate surface area is 260 Å². The second-order valence-corrected chi connectivity index (χ2v) is 10.9. The van der Waals surface area contributed by atoms with Gasteiger partial charge in [0.15, 0.2) is 17.0 Å². The van der Waals surface area contributed by atoms with Gasteiger partial charge in [-0.25, -0.2) is 15.0 Å². The van der Waals surface area contributed by atoms with Gasteiger partial charge in [-0.1, -0.05) is 103 Å². The molecule has 0 radical (unpaired) electrons. The fourth-order valence-corrected chi connectivity index (χ4v) is 6.41. The van der Waals surface area contributed by atoms with Gasteiger partial charge in [0.1, 0.15) is 12.6 Å². The molecule has 3 heterocycles. The van der Waals surface area contributed by atoms with Crippen LogP contribution in [0.2, 0.25) is 0 Å². The van der Waals surface area contributed by atoms with Crippen LogP contribution in [0.15, 0.2) is 128 Å². The minimum absolute atomic E-state index is 0.0914. The van der Waals surface area contributed by atoms with Crippen LogP contribution in [0.3, 0.4) is 0 Å². The van der Waals surface area contributed by atoms with E-state index in [0.717, 1.165) is 22.3 Å². The summed E-state index contributed by atoms with van der Waals surface area (Å²) < 4.78 is 8.30. The minimum Gasteiger partial charge on any atom is -0.392 e. The highest BCUT2D eigenvalue weighted by atomic mass is 16.5. The molecule has 224 valence electrons. The molecule has 2 N–H and O–H groups in total. The lowest BCUT2D eigenvalue weighted by molar-refractivity contribution is -0.0882. The maximum absolute atomic E-state index is 12.9. The highest BCUT2D eigenvalue weighted by Gasteiger charge is 2.45. The highest BCUT2D eigenvalue weighted by Crippen LogP contribution is 2.45. The predicted molar refractivity (Wildman–Crippen MR) is 171 cm³/mol. The maximum atomic E-state index is 12.9. The number of anilines is 1. The summed E-state index contributed by atoms with van der Waals surface area (Å²) in [5, 5.41) is 13.4. The largest absolute Gasteiger partial charge is 0.392 e. The second-order valence-electron chi connectivity index (χ2n) is 10.9. The molecule has 0 saturated carbocycles. The molecule has 9 nitrogen and oxygen atoms in total. The van der Waals surface area contributed by atoms with E-state index in [2.05, 4.69) is 79.8 Å². The van der Waals surface area contributed by atoms with Gasteiger partial charge in [-0.3, -0.25) is 14.3 Å². The number of carbonyl (C=O) groups is 1. The Balaban J connectivity index is 1.31. The summed E-state index contributed by atoms with van der Waals surface area (Å²) in [5.41, 5.74) is 4.86. The number of hydrogen-bond acceptors (Lipinski definition) is 7. The van der Waals surface area contributed by atoms with E-state index in [0.29, 0.717) is 42.2 Å². The molecule has 1 atom stereocenters. The van der Waals surface area contributed by atoms with Gasteiger partial charge < -0.3 is 15.2 Å². The zero-order valence-corrected chi connectivity index (χ0v) is 24.5. The molecule has 45 heavy (non-hydrogen) atoms. The van der Waals surface area contributed by atoms with E-state index in [4.69, 9.17) is 4.74 Å². The quantitative estimate of drug-likeness (QED) is 0.227. The average Bonchev–Trinajstić information content (AvgIpc) is 3.56. The van der Waals surface area contributed by atoms with E-state index in [1.807, 2.05) is 53.1 Å². The van der Waals surface area contributed by atoms with Crippen molar-refractivity contribution in [1.29, 1.82) is 0 Å². The molecule has 9 heteroatoms. The van der Waals surface area contributed by atoms with Crippen molar-refractivity contribution in [3.05, 3.63) is 156 Å². The maximum Gasteiger partial charge on any atom is 0.256 e. The topological polar surface area (TPSA) is 105 Å². The molecule has 1 amide bonds. The number of aliphatic hydroxyl groups excluding tert-OH is 1. The molecule has 1 aliphatic heterocycles. The number of fused-ring (bicyclic) bond motifs is 1. The molecular weight excluding hydrogens is 564 g/mol. The summed E-state index contributed by atoms with van der Waals surface area (Å²) in [5.74, 6) is 0.0587. The molecule has 7 rings (SSSR count). The van der Waals surface area contributed by atoms with E-state index in [-0.39, 0.29) is 12.5 Å². The first-order valence-electron chi connectivity index (χ1n) is 14.9. The molecule has 6 aromatic rings. The number of nitrogens with one attached hydrogen (secondary N) is 1. The number of morpholine rings is 1. The second kappa shape index (κ2) is 12.4. The van der Waals surface area contributed by atoms with E-state index in [9.17, 15) is 9.90 Å². The van der Waals surface area contributed by atoms with E-state index in [1.165, 1.54) is 6.33 Å². The van der Waals surface area contributed by atoms with E-state index < -0.39 is 11.8 Å². The van der Waals surface area contributed by atoms with Crippen LogP contribution in [-0.2, 0) is 16.9 Å². The SMILES string of the molecule is O=C(Nc1ncnc2c1ncn2C1CN(C(c2ccccc2)(c2ccccc2)c2ccccc2CO)CCO1)c1ccccc1. The normalized spacial score (nSPS) is 15.6. The molecule has 2 aromatic heterocycles. The molecule has 1 unspecified atom stereocenters. The lowest BCUT2D eigenvalue weighted by Gasteiger charge is -2.49. The van der Waals surface area contributed by atoms with Crippen molar-refractivity contribution in [2.75, 3.05) is 25.0 Å². The molecule has 1 fully saturated rings. The van der Waals surface area contributed by atoms with Crippen molar-refractivity contribution >= 4 is 22.9 Å². The predicted octanol–water partition coefficient (Wildman–Crippen LogP) is 5.39. The van der Waals surface area contributed by atoms with Crippen LogP contribution in [0, 0.1) is 0 Å². The summed E-state index contributed by atoms with van der Waals surface area (Å²) in [6.45, 7) is 1.49. The molecule has 0 spiro atoms. The first kappa shape index (κ1) is 28.5. The third-order valence-corrected chi connectivity index (χ3v) is 8.42. The van der Waals surface area contributed by atoms with Crippen molar-refractivity contribution in [3.63, 3.8) is 0 Å². The van der Waals surface area contributed by atoms with Gasteiger partial charge in [0.25, 0.3) is 5.91 Å². The molecule has 0 aliphatic carbocycles. The smallest absolute Gasteiger partial charge is 0.256 e. The van der Waals surface area contributed by atoms with Gasteiger partial charge in [-0.2, -0.15) is 0 Å². The minimum atomic E-state index is -0.732. The summed E-state index contributed by atoms with van der Waals surface area (Å²) in [6.07, 6.45) is 2.68. The zero-order chi connectivity index (χ0) is 30.6. The number of ether oxygens (including phenoxy) is 1. The van der Waals surface area contributed by atoms with Crippen LogP contribution in [0.5, 0.6) is 0 Å². The fraction of sp³-hybridized carbons (Fsp3) is 0.167.